The van der Waals surface area contributed by atoms with Crippen LogP contribution in [0.3, 0.4) is 0 Å². The predicted octanol–water partition coefficient (Wildman–Crippen LogP) is 4.59. The summed E-state index contributed by atoms with van der Waals surface area (Å²) in [6.07, 6.45) is 0.0398. The Kier molecular flexibility index (Phi) is 6.96. The van der Waals surface area contributed by atoms with Crippen LogP contribution in [0.25, 0.3) is 0 Å². The first-order valence-electron chi connectivity index (χ1n) is 10.6. The van der Waals surface area contributed by atoms with E-state index in [0.717, 1.165) is 28.0 Å². The van der Waals surface area contributed by atoms with Gasteiger partial charge in [-0.1, -0.05) is 17.7 Å². The van der Waals surface area contributed by atoms with Crippen LogP contribution in [0, 0.1) is 6.92 Å². The van der Waals surface area contributed by atoms with Crippen LogP contribution in [-0.4, -0.2) is 43.3 Å². The standard InChI is InChI=1S/C25H31NO6/c1-16-7-10-21(29-5)18(13-16)15-31-19-8-9-20-17(14-19)11-12-26(22(20)23(27)30-6)24(28)32-25(2,3)4/h7-10,13-14,22H,11-12,15H2,1-6H3/t22-/m1/s1. The van der Waals surface area contributed by atoms with Crippen molar-refractivity contribution in [3.63, 3.8) is 0 Å². The molecular weight excluding hydrogens is 410 g/mol. The number of benzene rings is 2. The number of methoxy groups -OCH3 is 2. The number of ether oxygens (including phenoxy) is 4. The molecule has 0 fully saturated rings. The molecule has 1 heterocycles. The topological polar surface area (TPSA) is 74.3 Å². The number of esters is 1. The molecular formula is C25H31NO6. The molecule has 1 atom stereocenters. The number of hydrogen-bond donors (Lipinski definition) is 0. The summed E-state index contributed by atoms with van der Waals surface area (Å²) in [6.45, 7) is 8.10. The van der Waals surface area contributed by atoms with Gasteiger partial charge in [-0.3, -0.25) is 4.90 Å². The monoisotopic (exact) mass is 441 g/mol. The van der Waals surface area contributed by atoms with E-state index in [0.29, 0.717) is 25.3 Å². The molecule has 1 aliphatic heterocycles. The van der Waals surface area contributed by atoms with E-state index in [4.69, 9.17) is 18.9 Å². The number of amides is 1. The zero-order chi connectivity index (χ0) is 23.5. The lowest BCUT2D eigenvalue weighted by Gasteiger charge is -2.36. The highest BCUT2D eigenvalue weighted by molar-refractivity contribution is 5.84. The molecule has 7 nitrogen and oxygen atoms in total. The van der Waals surface area contributed by atoms with Crippen LogP contribution in [0.15, 0.2) is 36.4 Å². The molecule has 172 valence electrons. The van der Waals surface area contributed by atoms with Crippen molar-refractivity contribution in [2.24, 2.45) is 0 Å². The van der Waals surface area contributed by atoms with E-state index in [2.05, 4.69) is 0 Å². The summed E-state index contributed by atoms with van der Waals surface area (Å²) < 4.78 is 21.9. The Bertz CT molecular complexity index is 994. The average molecular weight is 442 g/mol. The van der Waals surface area contributed by atoms with Crippen molar-refractivity contribution in [2.75, 3.05) is 20.8 Å². The fraction of sp³-hybridized carbons (Fsp3) is 0.440. The number of hydrogen-bond acceptors (Lipinski definition) is 6. The summed E-state index contributed by atoms with van der Waals surface area (Å²) >= 11 is 0. The van der Waals surface area contributed by atoms with Gasteiger partial charge in [0.25, 0.3) is 0 Å². The Balaban J connectivity index is 1.83. The van der Waals surface area contributed by atoms with Gasteiger partial charge in [-0.25, -0.2) is 9.59 Å². The van der Waals surface area contributed by atoms with Crippen LogP contribution >= 0.6 is 0 Å². The fourth-order valence-electron chi connectivity index (χ4n) is 3.76. The van der Waals surface area contributed by atoms with Gasteiger partial charge < -0.3 is 18.9 Å². The van der Waals surface area contributed by atoms with Crippen LogP contribution in [0.4, 0.5) is 4.79 Å². The number of aryl methyl sites for hydroxylation is 1. The van der Waals surface area contributed by atoms with Crippen LogP contribution < -0.4 is 9.47 Å². The van der Waals surface area contributed by atoms with Crippen molar-refractivity contribution in [1.29, 1.82) is 0 Å². The van der Waals surface area contributed by atoms with Gasteiger partial charge >= 0.3 is 12.1 Å². The number of fused-ring (bicyclic) bond motifs is 1. The lowest BCUT2D eigenvalue weighted by atomic mass is 9.92. The molecule has 2 aromatic rings. The Hall–Kier alpha value is -3.22. The van der Waals surface area contributed by atoms with Gasteiger partial charge in [0.1, 0.15) is 23.7 Å². The second-order valence-corrected chi connectivity index (χ2v) is 8.81. The highest BCUT2D eigenvalue weighted by Gasteiger charge is 2.39. The number of rotatable bonds is 5. The zero-order valence-electron chi connectivity index (χ0n) is 19.6. The lowest BCUT2D eigenvalue weighted by molar-refractivity contribution is -0.147. The molecule has 32 heavy (non-hydrogen) atoms. The van der Waals surface area contributed by atoms with Gasteiger partial charge in [-0.05, 0) is 69.5 Å². The van der Waals surface area contributed by atoms with Crippen molar-refractivity contribution < 1.29 is 28.5 Å². The van der Waals surface area contributed by atoms with Crippen molar-refractivity contribution in [2.45, 2.75) is 52.4 Å². The molecule has 0 bridgehead atoms. The van der Waals surface area contributed by atoms with E-state index in [9.17, 15) is 9.59 Å². The first-order valence-corrected chi connectivity index (χ1v) is 10.6. The van der Waals surface area contributed by atoms with E-state index < -0.39 is 23.7 Å². The second kappa shape index (κ2) is 9.51. The van der Waals surface area contributed by atoms with Crippen molar-refractivity contribution >= 4 is 12.1 Å². The van der Waals surface area contributed by atoms with Gasteiger partial charge in [0.05, 0.1) is 14.2 Å². The Morgan fingerprint density at radius 1 is 1.09 bits per heavy atom. The molecule has 0 saturated heterocycles. The van der Waals surface area contributed by atoms with Crippen LogP contribution in [0.1, 0.15) is 49.1 Å². The minimum Gasteiger partial charge on any atom is -0.496 e. The maximum absolute atomic E-state index is 12.7. The lowest BCUT2D eigenvalue weighted by Crippen LogP contribution is -2.46. The van der Waals surface area contributed by atoms with E-state index in [1.165, 1.54) is 12.0 Å². The fourth-order valence-corrected chi connectivity index (χ4v) is 3.76. The highest BCUT2D eigenvalue weighted by Crippen LogP contribution is 2.34. The molecule has 0 unspecified atom stereocenters. The molecule has 0 saturated carbocycles. The summed E-state index contributed by atoms with van der Waals surface area (Å²) in [5, 5.41) is 0. The SMILES string of the molecule is COC(=O)[C@H]1c2ccc(OCc3cc(C)ccc3OC)cc2CCN1C(=O)OC(C)(C)C. The largest absolute Gasteiger partial charge is 0.496 e. The molecule has 1 aliphatic rings. The molecule has 0 spiro atoms. The average Bonchev–Trinajstić information content (AvgIpc) is 2.75. The van der Waals surface area contributed by atoms with Crippen molar-refractivity contribution in [1.82, 2.24) is 4.90 Å². The number of carbonyl (C=O) groups excluding carboxylic acids is 2. The maximum atomic E-state index is 12.7. The van der Waals surface area contributed by atoms with Gasteiger partial charge in [0.2, 0.25) is 0 Å². The molecule has 0 aromatic heterocycles. The highest BCUT2D eigenvalue weighted by atomic mass is 16.6. The first kappa shape index (κ1) is 23.4. The minimum atomic E-state index is -0.857. The van der Waals surface area contributed by atoms with Crippen LogP contribution in [-0.2, 0) is 27.3 Å². The smallest absolute Gasteiger partial charge is 0.411 e. The van der Waals surface area contributed by atoms with E-state index >= 15 is 0 Å². The van der Waals surface area contributed by atoms with E-state index in [1.54, 1.807) is 33.9 Å². The first-order chi connectivity index (χ1) is 15.1. The predicted molar refractivity (Wildman–Crippen MR) is 120 cm³/mol. The molecule has 1 amide bonds. The van der Waals surface area contributed by atoms with Crippen molar-refractivity contribution in [3.05, 3.63) is 58.7 Å². The third-order valence-electron chi connectivity index (χ3n) is 5.23. The van der Waals surface area contributed by atoms with Crippen LogP contribution in [0.2, 0.25) is 0 Å². The summed E-state index contributed by atoms with van der Waals surface area (Å²) in [7, 11) is 2.95. The van der Waals surface area contributed by atoms with Gasteiger partial charge in [-0.15, -0.1) is 0 Å². The number of carbonyl (C=O) groups is 2. The van der Waals surface area contributed by atoms with Crippen molar-refractivity contribution in [3.8, 4) is 11.5 Å². The van der Waals surface area contributed by atoms with Gasteiger partial charge in [0.15, 0.2) is 6.04 Å². The van der Waals surface area contributed by atoms with Crippen LogP contribution in [0.5, 0.6) is 11.5 Å². The third-order valence-corrected chi connectivity index (χ3v) is 5.23. The molecule has 0 aliphatic carbocycles. The Morgan fingerprint density at radius 2 is 1.84 bits per heavy atom. The molecule has 7 heteroatoms. The maximum Gasteiger partial charge on any atom is 0.411 e. The quantitative estimate of drug-likeness (QED) is 0.632. The molecule has 0 radical (unpaired) electrons. The third kappa shape index (κ3) is 5.33. The summed E-state index contributed by atoms with van der Waals surface area (Å²) in [4.78, 5) is 26.7. The van der Waals surface area contributed by atoms with Gasteiger partial charge in [0, 0.05) is 12.1 Å². The van der Waals surface area contributed by atoms with Gasteiger partial charge in [-0.2, -0.15) is 0 Å². The Morgan fingerprint density at radius 3 is 2.50 bits per heavy atom. The van der Waals surface area contributed by atoms with E-state index in [-0.39, 0.29) is 0 Å². The molecule has 0 N–H and O–H groups in total. The Labute approximate surface area is 189 Å². The summed E-state index contributed by atoms with van der Waals surface area (Å²) in [5.41, 5.74) is 3.07. The molecule has 3 rings (SSSR count). The summed E-state index contributed by atoms with van der Waals surface area (Å²) in [6, 6.07) is 10.6. The summed E-state index contributed by atoms with van der Waals surface area (Å²) in [5.74, 6) is 0.948. The normalized spacial score (nSPS) is 15.6. The van der Waals surface area contributed by atoms with E-state index in [1.807, 2.05) is 37.3 Å². The molecule has 2 aromatic carbocycles. The minimum absolute atomic E-state index is 0.344. The number of nitrogens with zero attached hydrogens (tertiary/aromatic N) is 1. The second-order valence-electron chi connectivity index (χ2n) is 8.81. The zero-order valence-corrected chi connectivity index (χ0v) is 19.6.